The van der Waals surface area contributed by atoms with Gasteiger partial charge in [-0.15, -0.1) is 10.2 Å². The molecular formula is C20H19ClN8O3S. The summed E-state index contributed by atoms with van der Waals surface area (Å²) in [5.74, 6) is 1.10. The molecule has 2 aromatic carbocycles. The van der Waals surface area contributed by atoms with E-state index in [1.165, 1.54) is 6.20 Å². The van der Waals surface area contributed by atoms with E-state index in [0.29, 0.717) is 22.8 Å². The van der Waals surface area contributed by atoms with Crippen LogP contribution in [0.2, 0.25) is 5.02 Å². The number of sulfonamides is 1. The van der Waals surface area contributed by atoms with E-state index < -0.39 is 10.0 Å². The number of hydrogen-bond acceptors (Lipinski definition) is 9. The standard InChI is InChI=1S/C20H19ClN8O3S/c1-32-18-8-7-13(29-11-23-24-12-29)9-17(18)26-20-22-10-14(21)19(27-20)25-15-5-3-4-6-16(15)28-33(2,30)31/h3-12,28H,1-2H3,(H2,22,25,26,27). The van der Waals surface area contributed by atoms with Crippen LogP contribution in [0.15, 0.2) is 61.3 Å². The second kappa shape index (κ2) is 9.30. The van der Waals surface area contributed by atoms with Gasteiger partial charge in [0.25, 0.3) is 0 Å². The van der Waals surface area contributed by atoms with Crippen molar-refractivity contribution >= 4 is 50.5 Å². The molecule has 0 saturated heterocycles. The third-order valence-corrected chi connectivity index (χ3v) is 5.23. The molecular weight excluding hydrogens is 468 g/mol. The largest absolute Gasteiger partial charge is 0.495 e. The smallest absolute Gasteiger partial charge is 0.229 e. The van der Waals surface area contributed by atoms with Gasteiger partial charge in [-0.3, -0.25) is 9.29 Å². The minimum atomic E-state index is -3.47. The fourth-order valence-electron chi connectivity index (χ4n) is 2.93. The first-order valence-electron chi connectivity index (χ1n) is 9.49. The topological polar surface area (TPSA) is 136 Å². The molecule has 33 heavy (non-hydrogen) atoms. The van der Waals surface area contributed by atoms with Crippen LogP contribution in [0.1, 0.15) is 0 Å². The van der Waals surface area contributed by atoms with E-state index in [1.807, 2.05) is 12.1 Å². The number of ether oxygens (including phenoxy) is 1. The van der Waals surface area contributed by atoms with Gasteiger partial charge in [0.2, 0.25) is 16.0 Å². The maximum atomic E-state index is 11.7. The molecule has 0 fully saturated rings. The summed E-state index contributed by atoms with van der Waals surface area (Å²) in [6.07, 6.45) is 5.66. The molecule has 2 aromatic heterocycles. The zero-order valence-corrected chi connectivity index (χ0v) is 19.1. The molecule has 0 aliphatic rings. The minimum Gasteiger partial charge on any atom is -0.495 e. The molecule has 4 aromatic rings. The predicted molar refractivity (Wildman–Crippen MR) is 126 cm³/mol. The summed E-state index contributed by atoms with van der Waals surface area (Å²) in [6.45, 7) is 0. The van der Waals surface area contributed by atoms with Crippen molar-refractivity contribution in [3.05, 3.63) is 66.3 Å². The van der Waals surface area contributed by atoms with E-state index in [2.05, 4.69) is 35.5 Å². The van der Waals surface area contributed by atoms with Gasteiger partial charge >= 0.3 is 0 Å². The predicted octanol–water partition coefficient (Wildman–Crippen LogP) is 3.58. The van der Waals surface area contributed by atoms with Crippen LogP contribution in [0.3, 0.4) is 0 Å². The Kier molecular flexibility index (Phi) is 6.29. The fourth-order valence-corrected chi connectivity index (χ4v) is 3.65. The van der Waals surface area contributed by atoms with Gasteiger partial charge in [-0.05, 0) is 30.3 Å². The van der Waals surface area contributed by atoms with Crippen molar-refractivity contribution in [3.8, 4) is 11.4 Å². The van der Waals surface area contributed by atoms with Crippen molar-refractivity contribution in [3.63, 3.8) is 0 Å². The molecule has 0 aliphatic heterocycles. The highest BCUT2D eigenvalue weighted by Gasteiger charge is 2.13. The van der Waals surface area contributed by atoms with Crippen molar-refractivity contribution in [1.82, 2.24) is 24.7 Å². The molecule has 4 rings (SSSR count). The Morgan fingerprint density at radius 3 is 2.42 bits per heavy atom. The average molecular weight is 487 g/mol. The number of halogens is 1. The van der Waals surface area contributed by atoms with Crippen LogP contribution < -0.4 is 20.1 Å². The second-order valence-electron chi connectivity index (χ2n) is 6.81. The quantitative estimate of drug-likeness (QED) is 0.341. The van der Waals surface area contributed by atoms with Gasteiger partial charge in [-0.25, -0.2) is 13.4 Å². The van der Waals surface area contributed by atoms with Crippen molar-refractivity contribution in [2.75, 3.05) is 28.7 Å². The zero-order chi connectivity index (χ0) is 23.4. The second-order valence-corrected chi connectivity index (χ2v) is 8.97. The molecule has 3 N–H and O–H groups in total. The highest BCUT2D eigenvalue weighted by atomic mass is 35.5. The third kappa shape index (κ3) is 5.48. The summed E-state index contributed by atoms with van der Waals surface area (Å²) >= 11 is 6.29. The maximum Gasteiger partial charge on any atom is 0.229 e. The number of nitrogens with one attached hydrogen (secondary N) is 3. The van der Waals surface area contributed by atoms with E-state index in [0.717, 1.165) is 11.9 Å². The van der Waals surface area contributed by atoms with Crippen LogP contribution in [0.5, 0.6) is 5.75 Å². The van der Waals surface area contributed by atoms with Gasteiger partial charge in [-0.2, -0.15) is 4.98 Å². The van der Waals surface area contributed by atoms with E-state index in [1.54, 1.807) is 54.7 Å². The van der Waals surface area contributed by atoms with Crippen molar-refractivity contribution in [2.24, 2.45) is 0 Å². The number of hydrogen-bond donors (Lipinski definition) is 3. The lowest BCUT2D eigenvalue weighted by atomic mass is 10.2. The van der Waals surface area contributed by atoms with Crippen molar-refractivity contribution in [2.45, 2.75) is 0 Å². The Labute approximate surface area is 194 Å². The molecule has 170 valence electrons. The summed E-state index contributed by atoms with van der Waals surface area (Å²) in [5.41, 5.74) is 2.24. The Hall–Kier alpha value is -3.90. The van der Waals surface area contributed by atoms with Gasteiger partial charge < -0.3 is 15.4 Å². The number of aromatic nitrogens is 5. The number of benzene rings is 2. The highest BCUT2D eigenvalue weighted by molar-refractivity contribution is 7.92. The monoisotopic (exact) mass is 486 g/mol. The number of rotatable bonds is 8. The minimum absolute atomic E-state index is 0.245. The van der Waals surface area contributed by atoms with Gasteiger partial charge in [0, 0.05) is 0 Å². The summed E-state index contributed by atoms with van der Waals surface area (Å²) in [4.78, 5) is 8.67. The van der Waals surface area contributed by atoms with E-state index in [-0.39, 0.29) is 16.8 Å². The molecule has 0 radical (unpaired) electrons. The number of anilines is 5. The van der Waals surface area contributed by atoms with Crippen LogP contribution in [-0.4, -0.2) is 46.5 Å². The van der Waals surface area contributed by atoms with Crippen LogP contribution in [0, 0.1) is 0 Å². The van der Waals surface area contributed by atoms with Crippen LogP contribution in [-0.2, 0) is 10.0 Å². The van der Waals surface area contributed by atoms with Gasteiger partial charge in [0.05, 0.1) is 42.3 Å². The van der Waals surface area contributed by atoms with Crippen LogP contribution >= 0.6 is 11.6 Å². The first-order valence-corrected chi connectivity index (χ1v) is 11.8. The van der Waals surface area contributed by atoms with E-state index >= 15 is 0 Å². The average Bonchev–Trinajstić information content (AvgIpc) is 3.31. The normalized spacial score (nSPS) is 11.1. The lowest BCUT2D eigenvalue weighted by molar-refractivity contribution is 0.416. The zero-order valence-electron chi connectivity index (χ0n) is 17.5. The Morgan fingerprint density at radius 1 is 1.00 bits per heavy atom. The van der Waals surface area contributed by atoms with Crippen LogP contribution in [0.4, 0.5) is 28.8 Å². The molecule has 0 amide bonds. The summed E-state index contributed by atoms with van der Waals surface area (Å²) in [6, 6.07) is 12.3. The first-order chi connectivity index (χ1) is 15.8. The highest BCUT2D eigenvalue weighted by Crippen LogP contribution is 2.32. The van der Waals surface area contributed by atoms with Crippen molar-refractivity contribution < 1.29 is 13.2 Å². The number of methoxy groups -OCH3 is 1. The van der Waals surface area contributed by atoms with Gasteiger partial charge in [0.1, 0.15) is 23.4 Å². The van der Waals surface area contributed by atoms with Gasteiger partial charge in [-0.1, -0.05) is 23.7 Å². The summed E-state index contributed by atoms with van der Waals surface area (Å²) in [7, 11) is -1.92. The Bertz CT molecular complexity index is 1380. The molecule has 0 spiro atoms. The maximum absolute atomic E-state index is 11.7. The number of nitrogens with zero attached hydrogens (tertiary/aromatic N) is 5. The lowest BCUT2D eigenvalue weighted by Crippen LogP contribution is -2.11. The Balaban J connectivity index is 1.64. The number of para-hydroxylation sites is 2. The molecule has 0 saturated carbocycles. The fraction of sp³-hybridized carbons (Fsp3) is 0.100. The van der Waals surface area contributed by atoms with Crippen LogP contribution in [0.25, 0.3) is 5.69 Å². The Morgan fingerprint density at radius 2 is 1.73 bits per heavy atom. The van der Waals surface area contributed by atoms with E-state index in [9.17, 15) is 8.42 Å². The molecule has 0 bridgehead atoms. The molecule has 13 heteroatoms. The van der Waals surface area contributed by atoms with Gasteiger partial charge in [0.15, 0.2) is 5.82 Å². The lowest BCUT2D eigenvalue weighted by Gasteiger charge is -2.15. The summed E-state index contributed by atoms with van der Waals surface area (Å²) < 4.78 is 33.0. The summed E-state index contributed by atoms with van der Waals surface area (Å²) in [5, 5.41) is 14.1. The molecule has 11 nitrogen and oxygen atoms in total. The van der Waals surface area contributed by atoms with E-state index in [4.69, 9.17) is 16.3 Å². The molecule has 0 atom stereocenters. The first kappa shape index (κ1) is 22.3. The molecule has 0 aliphatic carbocycles. The molecule has 0 unspecified atom stereocenters. The third-order valence-electron chi connectivity index (χ3n) is 4.37. The molecule has 2 heterocycles. The SMILES string of the molecule is COc1ccc(-n2cnnc2)cc1Nc1ncc(Cl)c(Nc2ccccc2NS(C)(=O)=O)n1. The van der Waals surface area contributed by atoms with Crippen molar-refractivity contribution in [1.29, 1.82) is 0 Å².